The molecule has 1 aliphatic rings. The Hall–Kier alpha value is -3.99. The van der Waals surface area contributed by atoms with Crippen LogP contribution in [-0.4, -0.2) is 30.5 Å². The molecule has 4 rings (SSSR count). The van der Waals surface area contributed by atoms with Crippen LogP contribution in [0, 0.1) is 0 Å². The molecule has 0 saturated carbocycles. The number of ether oxygens (including phenoxy) is 3. The highest BCUT2D eigenvalue weighted by molar-refractivity contribution is 5.98. The monoisotopic (exact) mass is 525 g/mol. The summed E-state index contributed by atoms with van der Waals surface area (Å²) in [5, 5.41) is 0. The fourth-order valence-corrected chi connectivity index (χ4v) is 4.69. The summed E-state index contributed by atoms with van der Waals surface area (Å²) in [5.41, 5.74) is 5.95. The molecule has 1 aliphatic heterocycles. The molecule has 0 atom stereocenters. The van der Waals surface area contributed by atoms with E-state index >= 15 is 0 Å². The molecule has 204 valence electrons. The van der Waals surface area contributed by atoms with Gasteiger partial charge in [-0.05, 0) is 66.7 Å². The van der Waals surface area contributed by atoms with Crippen molar-refractivity contribution < 1.29 is 19.0 Å². The van der Waals surface area contributed by atoms with Crippen molar-refractivity contribution in [1.29, 1.82) is 0 Å². The summed E-state index contributed by atoms with van der Waals surface area (Å²) in [6.07, 6.45) is 2.04. The quantitative estimate of drug-likeness (QED) is 0.241. The molecule has 0 radical (unpaired) electrons. The highest BCUT2D eigenvalue weighted by atomic mass is 16.5. The minimum atomic E-state index is -0.0496. The van der Waals surface area contributed by atoms with Gasteiger partial charge in [0.05, 0.1) is 17.9 Å². The molecule has 5 heteroatoms. The molecule has 3 aromatic rings. The van der Waals surface area contributed by atoms with E-state index in [-0.39, 0.29) is 11.8 Å². The lowest BCUT2D eigenvalue weighted by atomic mass is 9.98. The Labute approximate surface area is 232 Å². The maximum absolute atomic E-state index is 14.0. The van der Waals surface area contributed by atoms with Gasteiger partial charge in [-0.15, -0.1) is 0 Å². The first-order chi connectivity index (χ1) is 18.9. The highest BCUT2D eigenvalue weighted by Crippen LogP contribution is 2.36. The molecular formula is C34H39NO4. The number of benzene rings is 3. The average molecular weight is 526 g/mol. The second-order valence-corrected chi connectivity index (χ2v) is 10.2. The summed E-state index contributed by atoms with van der Waals surface area (Å²) >= 11 is 0. The predicted octanol–water partition coefficient (Wildman–Crippen LogP) is 7.68. The molecule has 39 heavy (non-hydrogen) atoms. The van der Waals surface area contributed by atoms with E-state index in [0.717, 1.165) is 33.8 Å². The fourth-order valence-electron chi connectivity index (χ4n) is 4.69. The zero-order valence-electron chi connectivity index (χ0n) is 23.7. The lowest BCUT2D eigenvalue weighted by Crippen LogP contribution is -2.30. The second kappa shape index (κ2) is 13.2. The third-order valence-electron chi connectivity index (χ3n) is 6.81. The van der Waals surface area contributed by atoms with Gasteiger partial charge in [-0.3, -0.25) is 4.79 Å². The van der Waals surface area contributed by atoms with Gasteiger partial charge in [0.1, 0.15) is 24.7 Å². The zero-order valence-corrected chi connectivity index (χ0v) is 23.7. The molecule has 0 aliphatic carbocycles. The van der Waals surface area contributed by atoms with Crippen molar-refractivity contribution in [3.8, 4) is 11.5 Å². The minimum absolute atomic E-state index is 0.0496. The maximum Gasteiger partial charge on any atom is 0.258 e. The molecule has 0 aromatic heterocycles. The summed E-state index contributed by atoms with van der Waals surface area (Å²) in [5.74, 6) is 2.24. The number of allylic oxidation sites excluding steroid dienone is 1. The zero-order chi connectivity index (χ0) is 27.8. The van der Waals surface area contributed by atoms with Gasteiger partial charge >= 0.3 is 0 Å². The Balaban J connectivity index is 1.64. The summed E-state index contributed by atoms with van der Waals surface area (Å²) < 4.78 is 18.2. The SMILES string of the molecule is CCO/C(C)=C/C1=C(C)CN(C(=O)c2cc(C(C)C)c(OCc3ccccc3)cc2OCc2ccccc2)C1. The number of hydrogen-bond acceptors (Lipinski definition) is 4. The van der Waals surface area contributed by atoms with E-state index in [0.29, 0.717) is 44.2 Å². The van der Waals surface area contributed by atoms with Gasteiger partial charge in [-0.25, -0.2) is 0 Å². The Morgan fingerprint density at radius 1 is 0.897 bits per heavy atom. The topological polar surface area (TPSA) is 48.0 Å². The molecule has 0 spiro atoms. The standard InChI is InChI=1S/C34H39NO4/c1-6-37-26(5)17-29-21-35(20-25(29)4)34(36)31-18-30(24(2)3)32(38-22-27-13-9-7-10-14-27)19-33(31)39-23-28-15-11-8-12-16-28/h7-19,24H,6,20-23H2,1-5H3/b26-17+. The molecule has 0 unspecified atom stereocenters. The molecular weight excluding hydrogens is 486 g/mol. The maximum atomic E-state index is 14.0. The fraction of sp³-hybridized carbons (Fsp3) is 0.324. The lowest BCUT2D eigenvalue weighted by Gasteiger charge is -2.22. The van der Waals surface area contributed by atoms with Gasteiger partial charge in [-0.2, -0.15) is 0 Å². The van der Waals surface area contributed by atoms with E-state index in [1.165, 1.54) is 5.57 Å². The Kier molecular flexibility index (Phi) is 9.48. The number of carbonyl (C=O) groups excluding carboxylic acids is 1. The smallest absolute Gasteiger partial charge is 0.258 e. The van der Waals surface area contributed by atoms with Crippen molar-refractivity contribution in [2.24, 2.45) is 0 Å². The number of hydrogen-bond donors (Lipinski definition) is 0. The second-order valence-electron chi connectivity index (χ2n) is 10.2. The summed E-state index contributed by atoms with van der Waals surface area (Å²) in [6.45, 7) is 12.8. The van der Waals surface area contributed by atoms with Crippen LogP contribution in [0.4, 0.5) is 0 Å². The van der Waals surface area contributed by atoms with Crippen molar-refractivity contribution in [2.45, 2.75) is 53.8 Å². The van der Waals surface area contributed by atoms with Crippen LogP contribution < -0.4 is 9.47 Å². The first-order valence-electron chi connectivity index (χ1n) is 13.7. The third-order valence-corrected chi connectivity index (χ3v) is 6.81. The van der Waals surface area contributed by atoms with Gasteiger partial charge in [-0.1, -0.05) is 74.5 Å². The minimum Gasteiger partial charge on any atom is -0.499 e. The molecule has 5 nitrogen and oxygen atoms in total. The highest BCUT2D eigenvalue weighted by Gasteiger charge is 2.28. The average Bonchev–Trinajstić information content (AvgIpc) is 3.30. The van der Waals surface area contributed by atoms with Crippen molar-refractivity contribution in [3.05, 3.63) is 118 Å². The lowest BCUT2D eigenvalue weighted by molar-refractivity contribution is 0.0791. The largest absolute Gasteiger partial charge is 0.499 e. The van der Waals surface area contributed by atoms with E-state index in [1.54, 1.807) is 0 Å². The van der Waals surface area contributed by atoms with Crippen LogP contribution in [-0.2, 0) is 18.0 Å². The van der Waals surface area contributed by atoms with Crippen molar-refractivity contribution in [2.75, 3.05) is 19.7 Å². The number of nitrogens with zero attached hydrogens (tertiary/aromatic N) is 1. The van der Waals surface area contributed by atoms with Crippen molar-refractivity contribution in [3.63, 3.8) is 0 Å². The van der Waals surface area contributed by atoms with E-state index in [4.69, 9.17) is 14.2 Å². The first kappa shape index (κ1) is 28.0. The molecule has 1 amide bonds. The van der Waals surface area contributed by atoms with E-state index in [9.17, 15) is 4.79 Å². The summed E-state index contributed by atoms with van der Waals surface area (Å²) in [4.78, 5) is 15.8. The van der Waals surface area contributed by atoms with E-state index in [1.807, 2.05) is 97.6 Å². The molecule has 3 aromatic carbocycles. The molecule has 1 heterocycles. The van der Waals surface area contributed by atoms with Crippen LogP contribution in [0.15, 0.2) is 95.8 Å². The van der Waals surface area contributed by atoms with E-state index in [2.05, 4.69) is 20.8 Å². The summed E-state index contributed by atoms with van der Waals surface area (Å²) in [7, 11) is 0. The normalized spacial score (nSPS) is 13.7. The van der Waals surface area contributed by atoms with Crippen LogP contribution >= 0.6 is 0 Å². The third kappa shape index (κ3) is 7.32. The van der Waals surface area contributed by atoms with Gasteiger partial charge in [0.2, 0.25) is 0 Å². The van der Waals surface area contributed by atoms with Gasteiger partial charge in [0.15, 0.2) is 0 Å². The van der Waals surface area contributed by atoms with Crippen LogP contribution in [0.2, 0.25) is 0 Å². The predicted molar refractivity (Wildman–Crippen MR) is 156 cm³/mol. The van der Waals surface area contributed by atoms with Crippen molar-refractivity contribution >= 4 is 5.91 Å². The van der Waals surface area contributed by atoms with Gasteiger partial charge in [0.25, 0.3) is 5.91 Å². The van der Waals surface area contributed by atoms with Crippen LogP contribution in [0.5, 0.6) is 11.5 Å². The van der Waals surface area contributed by atoms with E-state index < -0.39 is 0 Å². The number of amides is 1. The molecule has 0 fully saturated rings. The Morgan fingerprint density at radius 3 is 2.05 bits per heavy atom. The van der Waals surface area contributed by atoms with Crippen LogP contribution in [0.25, 0.3) is 0 Å². The molecule has 0 N–H and O–H groups in total. The first-order valence-corrected chi connectivity index (χ1v) is 13.7. The number of carbonyl (C=O) groups is 1. The molecule has 0 saturated heterocycles. The Bertz CT molecular complexity index is 1330. The van der Waals surface area contributed by atoms with Crippen LogP contribution in [0.3, 0.4) is 0 Å². The van der Waals surface area contributed by atoms with Crippen LogP contribution in [0.1, 0.15) is 67.6 Å². The number of rotatable bonds is 11. The van der Waals surface area contributed by atoms with Gasteiger partial charge in [0, 0.05) is 19.2 Å². The summed E-state index contributed by atoms with van der Waals surface area (Å²) in [6, 6.07) is 23.9. The molecule has 0 bridgehead atoms. The Morgan fingerprint density at radius 2 is 1.49 bits per heavy atom. The van der Waals surface area contributed by atoms with Crippen molar-refractivity contribution in [1.82, 2.24) is 4.90 Å². The van der Waals surface area contributed by atoms with Gasteiger partial charge < -0.3 is 19.1 Å².